The molecule has 126 valence electrons. The van der Waals surface area contributed by atoms with E-state index in [-0.39, 0.29) is 0 Å². The number of halogens is 1. The SMILES string of the molecule is CNC1(CN(C)c2ccc(Br)nc2)CC1.O=C(O)/C=C/C(=O)O. The second-order valence-corrected chi connectivity index (χ2v) is 6.05. The van der Waals surface area contributed by atoms with Crippen LogP contribution in [0.5, 0.6) is 0 Å². The highest BCUT2D eigenvalue weighted by Crippen LogP contribution is 2.36. The maximum atomic E-state index is 9.55. The number of aliphatic carboxylic acids is 2. The van der Waals surface area contributed by atoms with Gasteiger partial charge in [-0.1, -0.05) is 0 Å². The topological polar surface area (TPSA) is 103 Å². The van der Waals surface area contributed by atoms with Crippen molar-refractivity contribution in [3.05, 3.63) is 35.1 Å². The van der Waals surface area contributed by atoms with Crippen LogP contribution in [0.15, 0.2) is 35.1 Å². The Hall–Kier alpha value is -1.93. The monoisotopic (exact) mass is 385 g/mol. The van der Waals surface area contributed by atoms with Crippen molar-refractivity contribution in [1.82, 2.24) is 10.3 Å². The van der Waals surface area contributed by atoms with E-state index < -0.39 is 11.9 Å². The standard InChI is InChI=1S/C11H16BrN3.C4H4O4/c1-13-11(5-6-11)8-15(2)9-3-4-10(12)14-7-9;5-3(6)1-2-4(7)8/h3-4,7,13H,5-6,8H2,1-2H3;1-2H,(H,5,6)(H,7,8)/b;2-1+. The fourth-order valence-electron chi connectivity index (χ4n) is 1.92. The number of nitrogens with one attached hydrogen (secondary N) is 1. The molecule has 0 aliphatic heterocycles. The van der Waals surface area contributed by atoms with E-state index >= 15 is 0 Å². The molecule has 1 aromatic rings. The molecule has 0 atom stereocenters. The highest BCUT2D eigenvalue weighted by Gasteiger charge is 2.41. The zero-order valence-electron chi connectivity index (χ0n) is 13.0. The molecule has 2 rings (SSSR count). The second-order valence-electron chi connectivity index (χ2n) is 5.24. The van der Waals surface area contributed by atoms with Gasteiger partial charge in [0, 0.05) is 31.3 Å². The van der Waals surface area contributed by atoms with Gasteiger partial charge in [0.2, 0.25) is 0 Å². The Balaban J connectivity index is 0.000000284. The molecule has 0 bridgehead atoms. The number of carboxylic acid groups (broad SMARTS) is 2. The summed E-state index contributed by atoms with van der Waals surface area (Å²) in [6.45, 7) is 1.05. The molecule has 7 nitrogen and oxygen atoms in total. The van der Waals surface area contributed by atoms with Gasteiger partial charge in [-0.05, 0) is 48.0 Å². The number of hydrogen-bond donors (Lipinski definition) is 3. The lowest BCUT2D eigenvalue weighted by Crippen LogP contribution is -2.39. The molecular weight excluding hydrogens is 366 g/mol. The second kappa shape index (κ2) is 8.64. The van der Waals surface area contributed by atoms with Gasteiger partial charge in [0.15, 0.2) is 0 Å². The van der Waals surface area contributed by atoms with Gasteiger partial charge >= 0.3 is 11.9 Å². The first-order valence-electron chi connectivity index (χ1n) is 6.93. The molecule has 3 N–H and O–H groups in total. The molecule has 0 unspecified atom stereocenters. The van der Waals surface area contributed by atoms with Gasteiger partial charge in [-0.2, -0.15) is 0 Å². The number of rotatable bonds is 6. The third-order valence-corrected chi connectivity index (χ3v) is 3.91. The van der Waals surface area contributed by atoms with Crippen LogP contribution in [0.25, 0.3) is 0 Å². The average Bonchev–Trinajstić information content (AvgIpc) is 3.26. The van der Waals surface area contributed by atoms with Gasteiger partial charge in [-0.25, -0.2) is 14.6 Å². The van der Waals surface area contributed by atoms with Crippen molar-refractivity contribution in [3.63, 3.8) is 0 Å². The van der Waals surface area contributed by atoms with Crippen molar-refractivity contribution < 1.29 is 19.8 Å². The average molecular weight is 386 g/mol. The summed E-state index contributed by atoms with van der Waals surface area (Å²) in [6.07, 6.45) is 5.57. The largest absolute Gasteiger partial charge is 0.478 e. The minimum absolute atomic E-state index is 0.349. The minimum atomic E-state index is -1.26. The molecule has 1 saturated carbocycles. The lowest BCUT2D eigenvalue weighted by Gasteiger charge is -2.25. The molecule has 0 amide bonds. The number of nitrogens with zero attached hydrogens (tertiary/aromatic N) is 2. The van der Waals surface area contributed by atoms with Crippen LogP contribution in [0.3, 0.4) is 0 Å². The summed E-state index contributed by atoms with van der Waals surface area (Å²) in [4.78, 5) is 25.6. The normalized spacial score (nSPS) is 14.7. The zero-order chi connectivity index (χ0) is 17.5. The zero-order valence-corrected chi connectivity index (χ0v) is 14.6. The fourth-order valence-corrected chi connectivity index (χ4v) is 2.15. The third kappa shape index (κ3) is 7.25. The molecule has 8 heteroatoms. The quantitative estimate of drug-likeness (QED) is 0.506. The van der Waals surface area contributed by atoms with Gasteiger partial charge in [0.1, 0.15) is 4.60 Å². The van der Waals surface area contributed by atoms with E-state index in [0.29, 0.717) is 17.7 Å². The number of carboxylic acids is 2. The molecule has 0 spiro atoms. The van der Waals surface area contributed by atoms with Crippen molar-refractivity contribution in [2.75, 3.05) is 25.5 Å². The van der Waals surface area contributed by atoms with E-state index in [0.717, 1.165) is 11.1 Å². The third-order valence-electron chi connectivity index (χ3n) is 3.44. The maximum Gasteiger partial charge on any atom is 0.328 e. The van der Waals surface area contributed by atoms with E-state index in [2.05, 4.69) is 44.2 Å². The van der Waals surface area contributed by atoms with Gasteiger partial charge in [0.25, 0.3) is 0 Å². The van der Waals surface area contributed by atoms with Crippen molar-refractivity contribution in [2.45, 2.75) is 18.4 Å². The maximum absolute atomic E-state index is 9.55. The molecular formula is C15H20BrN3O4. The molecule has 0 saturated heterocycles. The van der Waals surface area contributed by atoms with Crippen molar-refractivity contribution in [1.29, 1.82) is 0 Å². The van der Waals surface area contributed by atoms with Crippen molar-refractivity contribution in [2.24, 2.45) is 0 Å². The van der Waals surface area contributed by atoms with Crippen LogP contribution in [0.2, 0.25) is 0 Å². The van der Waals surface area contributed by atoms with Crippen molar-refractivity contribution >= 4 is 33.6 Å². The van der Waals surface area contributed by atoms with Crippen LogP contribution < -0.4 is 10.2 Å². The Morgan fingerprint density at radius 3 is 2.26 bits per heavy atom. The summed E-state index contributed by atoms with van der Waals surface area (Å²) in [5.41, 5.74) is 1.52. The summed E-state index contributed by atoms with van der Waals surface area (Å²) in [5.74, 6) is -2.51. The number of aromatic nitrogens is 1. The van der Waals surface area contributed by atoms with Crippen LogP contribution in [-0.2, 0) is 9.59 Å². The van der Waals surface area contributed by atoms with Gasteiger partial charge in [-0.3, -0.25) is 0 Å². The highest BCUT2D eigenvalue weighted by molar-refractivity contribution is 9.10. The van der Waals surface area contributed by atoms with Crippen LogP contribution in [0.1, 0.15) is 12.8 Å². The number of hydrogen-bond acceptors (Lipinski definition) is 5. The fraction of sp³-hybridized carbons (Fsp3) is 0.400. The molecule has 1 heterocycles. The van der Waals surface area contributed by atoms with E-state index in [1.807, 2.05) is 19.3 Å². The smallest absolute Gasteiger partial charge is 0.328 e. The van der Waals surface area contributed by atoms with E-state index in [1.165, 1.54) is 18.5 Å². The van der Waals surface area contributed by atoms with E-state index in [4.69, 9.17) is 10.2 Å². The number of likely N-dealkylation sites (N-methyl/N-ethyl adjacent to an activating group) is 2. The van der Waals surface area contributed by atoms with Crippen LogP contribution in [0, 0.1) is 0 Å². The van der Waals surface area contributed by atoms with Crippen LogP contribution in [-0.4, -0.2) is 53.3 Å². The first kappa shape index (κ1) is 19.1. The molecule has 0 radical (unpaired) electrons. The highest BCUT2D eigenvalue weighted by atomic mass is 79.9. The van der Waals surface area contributed by atoms with Gasteiger partial charge in [0.05, 0.1) is 11.9 Å². The molecule has 0 aromatic carbocycles. The Bertz CT molecular complexity index is 555. The Morgan fingerprint density at radius 2 is 1.91 bits per heavy atom. The Kier molecular flexibility index (Phi) is 7.18. The van der Waals surface area contributed by atoms with Crippen LogP contribution in [0.4, 0.5) is 5.69 Å². The number of anilines is 1. The predicted molar refractivity (Wildman–Crippen MR) is 90.6 cm³/mol. The minimum Gasteiger partial charge on any atom is -0.478 e. The van der Waals surface area contributed by atoms with Crippen LogP contribution >= 0.6 is 15.9 Å². The van der Waals surface area contributed by atoms with E-state index in [9.17, 15) is 9.59 Å². The lowest BCUT2D eigenvalue weighted by atomic mass is 10.2. The summed E-state index contributed by atoms with van der Waals surface area (Å²) < 4.78 is 0.884. The molecule has 1 aliphatic rings. The molecule has 1 aromatic heterocycles. The Morgan fingerprint density at radius 1 is 1.35 bits per heavy atom. The molecule has 1 aliphatic carbocycles. The molecule has 1 fully saturated rings. The first-order valence-corrected chi connectivity index (χ1v) is 7.73. The number of pyridine rings is 1. The van der Waals surface area contributed by atoms with Crippen molar-refractivity contribution in [3.8, 4) is 0 Å². The number of carbonyl (C=O) groups is 2. The van der Waals surface area contributed by atoms with E-state index in [1.54, 1.807) is 0 Å². The first-order chi connectivity index (χ1) is 10.8. The van der Waals surface area contributed by atoms with Gasteiger partial charge < -0.3 is 20.4 Å². The summed E-state index contributed by atoms with van der Waals surface area (Å²) >= 11 is 3.34. The summed E-state index contributed by atoms with van der Waals surface area (Å²) in [6, 6.07) is 4.06. The lowest BCUT2D eigenvalue weighted by molar-refractivity contribution is -0.134. The Labute approximate surface area is 143 Å². The van der Waals surface area contributed by atoms with Gasteiger partial charge in [-0.15, -0.1) is 0 Å². The predicted octanol–water partition coefficient (Wildman–Crippen LogP) is 1.74. The summed E-state index contributed by atoms with van der Waals surface area (Å²) in [5, 5.41) is 19.0. The molecule has 23 heavy (non-hydrogen) atoms. The summed E-state index contributed by atoms with van der Waals surface area (Å²) in [7, 11) is 4.16.